The number of rotatable bonds is 9. The van der Waals surface area contributed by atoms with Crippen molar-refractivity contribution in [2.75, 3.05) is 46.6 Å². The number of aliphatic imine (C=N–C) groups is 4. The zero-order valence-corrected chi connectivity index (χ0v) is 28.7. The highest BCUT2D eigenvalue weighted by Gasteiger charge is 2.32. The summed E-state index contributed by atoms with van der Waals surface area (Å²) in [5, 5.41) is 16.1. The highest BCUT2D eigenvalue weighted by Crippen LogP contribution is 2.38. The van der Waals surface area contributed by atoms with E-state index in [9.17, 15) is 0 Å². The second kappa shape index (κ2) is 13.8. The van der Waals surface area contributed by atoms with Gasteiger partial charge in [0.15, 0.2) is 0 Å². The third-order valence-corrected chi connectivity index (χ3v) is 10.1. The van der Waals surface area contributed by atoms with Gasteiger partial charge >= 0.3 is 0 Å². The summed E-state index contributed by atoms with van der Waals surface area (Å²) < 4.78 is 4.31. The molecule has 0 radical (unpaired) electrons. The Morgan fingerprint density at radius 3 is 2.22 bits per heavy atom. The van der Waals surface area contributed by atoms with Gasteiger partial charge in [-0.1, -0.05) is 0 Å². The molecule has 0 atom stereocenters. The van der Waals surface area contributed by atoms with Gasteiger partial charge in [-0.25, -0.2) is 24.9 Å². The second-order valence-electron chi connectivity index (χ2n) is 12.4. The number of allylic oxidation sites excluding steroid dienone is 3. The number of nitrogens with zero attached hydrogens (tertiary/aromatic N) is 8. The summed E-state index contributed by atoms with van der Waals surface area (Å²) in [6.07, 6.45) is 17.7. The lowest BCUT2D eigenvalue weighted by molar-refractivity contribution is 0.578. The van der Waals surface area contributed by atoms with Crippen LogP contribution in [0.2, 0.25) is 0 Å². The molecule has 0 aliphatic carbocycles. The second-order valence-corrected chi connectivity index (χ2v) is 13.7. The van der Waals surface area contributed by atoms with E-state index < -0.39 is 0 Å². The van der Waals surface area contributed by atoms with Crippen molar-refractivity contribution in [3.8, 4) is 0 Å². The number of thiol groups is 1. The van der Waals surface area contributed by atoms with Gasteiger partial charge in [0.2, 0.25) is 11.9 Å². The van der Waals surface area contributed by atoms with Crippen LogP contribution < -0.4 is 20.4 Å². The molecule has 2 fully saturated rings. The summed E-state index contributed by atoms with van der Waals surface area (Å²) in [6.45, 7) is 4.20. The van der Waals surface area contributed by atoms with E-state index in [1.54, 1.807) is 6.08 Å². The lowest BCUT2D eigenvalue weighted by Gasteiger charge is -2.33. The Labute approximate surface area is 295 Å². The van der Waals surface area contributed by atoms with Crippen LogP contribution >= 0.6 is 24.2 Å². The van der Waals surface area contributed by atoms with E-state index in [0.29, 0.717) is 16.9 Å². The number of benzene rings is 2. The molecule has 11 nitrogen and oxygen atoms in total. The van der Waals surface area contributed by atoms with Gasteiger partial charge in [-0.15, -0.1) is 12.6 Å². The fourth-order valence-electron chi connectivity index (χ4n) is 6.82. The topological polar surface area (TPSA) is 120 Å². The Bertz CT molecular complexity index is 1970. The maximum Gasteiger partial charge on any atom is 0.239 e. The summed E-state index contributed by atoms with van der Waals surface area (Å²) in [5.41, 5.74) is 8.47. The molecule has 2 saturated heterocycles. The number of hydrogen-bond donors (Lipinski definition) is 4. The Hall–Kier alpha value is -5.01. The van der Waals surface area contributed by atoms with Crippen molar-refractivity contribution in [3.63, 3.8) is 0 Å². The minimum atomic E-state index is 0.507. The molecule has 5 aliphatic rings. The predicted octanol–water partition coefficient (Wildman–Crippen LogP) is 7.50. The van der Waals surface area contributed by atoms with Crippen LogP contribution in [-0.4, -0.2) is 65.6 Å². The van der Waals surface area contributed by atoms with Gasteiger partial charge in [0.25, 0.3) is 0 Å². The molecule has 5 aliphatic heterocycles. The van der Waals surface area contributed by atoms with Crippen LogP contribution in [0.5, 0.6) is 0 Å². The van der Waals surface area contributed by atoms with Crippen LogP contribution in [-0.2, 0) is 0 Å². The Morgan fingerprint density at radius 1 is 0.816 bits per heavy atom. The number of aromatic nitrogens is 1. The van der Waals surface area contributed by atoms with Crippen molar-refractivity contribution in [1.82, 2.24) is 9.27 Å². The first-order chi connectivity index (χ1) is 24.1. The molecule has 0 unspecified atom stereocenters. The van der Waals surface area contributed by atoms with Crippen molar-refractivity contribution in [1.29, 1.82) is 5.41 Å². The van der Waals surface area contributed by atoms with E-state index in [2.05, 4.69) is 96.0 Å². The van der Waals surface area contributed by atoms with E-state index in [1.165, 1.54) is 68.3 Å². The van der Waals surface area contributed by atoms with Gasteiger partial charge in [0, 0.05) is 61.1 Å². The first-order valence-corrected chi connectivity index (χ1v) is 18.0. The first kappa shape index (κ1) is 31.3. The molecule has 0 amide bonds. The maximum atomic E-state index is 7.56. The zero-order chi connectivity index (χ0) is 33.2. The molecule has 1 aromatic heterocycles. The van der Waals surface area contributed by atoms with Crippen molar-refractivity contribution >= 4 is 87.8 Å². The van der Waals surface area contributed by atoms with Crippen molar-refractivity contribution in [3.05, 3.63) is 88.7 Å². The average molecular weight is 688 g/mol. The lowest BCUT2D eigenvalue weighted by Crippen LogP contribution is -2.40. The number of guanidine groups is 2. The van der Waals surface area contributed by atoms with Gasteiger partial charge in [-0.2, -0.15) is 4.37 Å². The third kappa shape index (κ3) is 6.55. The molecule has 0 spiro atoms. The smallest absolute Gasteiger partial charge is 0.239 e. The molecular formula is C36H37N11S2. The quantitative estimate of drug-likeness (QED) is 0.137. The van der Waals surface area contributed by atoms with Gasteiger partial charge in [-0.3, -0.25) is 0 Å². The maximum absolute atomic E-state index is 7.56. The van der Waals surface area contributed by atoms with E-state index in [1.807, 2.05) is 17.2 Å². The molecule has 3 aromatic rings. The summed E-state index contributed by atoms with van der Waals surface area (Å²) in [6, 6.07) is 15.0. The van der Waals surface area contributed by atoms with Gasteiger partial charge in [-0.05, 0) is 111 Å². The highest BCUT2D eigenvalue weighted by molar-refractivity contribution is 7.84. The van der Waals surface area contributed by atoms with Crippen LogP contribution in [0.25, 0.3) is 5.70 Å². The molecule has 8 rings (SSSR count). The Balaban J connectivity index is 1.20. The standard InChI is InChI=1S/C36H37N11S2/c37-13-11-33(48)41-29-19-24(45-15-3-1-4-16-45)7-9-27(29)31-21-26-22-32(44-36-39-23-38-35(43-31)47(26)36)28-10-8-25(46-17-5-2-6-18-46)20-30(28)42-34-12-14-40-49-34/h7-14,19-23,37,41-42,48H,1-6,15-18H2/b33-11-,37-13?. The minimum absolute atomic E-state index is 0.507. The SMILES string of the molecule is N=C/C=C(\S)Nc1cc(N2CCCCC2)ccc1C1=NC2=NC=NC3=NC(c4ccc(N5CCCCC5)cc4Nc4ccns4)=CC(=C1)N23. The molecule has 2 aromatic carbocycles. The van der Waals surface area contributed by atoms with E-state index >= 15 is 0 Å². The Morgan fingerprint density at radius 2 is 1.53 bits per heavy atom. The lowest BCUT2D eigenvalue weighted by atomic mass is 10.0. The van der Waals surface area contributed by atoms with Gasteiger partial charge < -0.3 is 25.8 Å². The normalized spacial score (nSPS) is 18.9. The van der Waals surface area contributed by atoms with E-state index in [0.717, 1.165) is 76.5 Å². The van der Waals surface area contributed by atoms with Crippen LogP contribution in [0.1, 0.15) is 49.7 Å². The number of hydrogen-bond acceptors (Lipinski definition) is 13. The molecular weight excluding hydrogens is 651 g/mol. The van der Waals surface area contributed by atoms with Crippen molar-refractivity contribution in [2.45, 2.75) is 38.5 Å². The van der Waals surface area contributed by atoms with Crippen molar-refractivity contribution < 1.29 is 0 Å². The van der Waals surface area contributed by atoms with Crippen LogP contribution in [0.15, 0.2) is 97.6 Å². The fraction of sp³-hybridized carbons (Fsp3) is 0.278. The highest BCUT2D eigenvalue weighted by atomic mass is 32.1. The molecule has 6 heterocycles. The Kier molecular flexibility index (Phi) is 8.84. The number of anilines is 5. The molecule has 3 N–H and O–H groups in total. The number of nitrogens with one attached hydrogen (secondary N) is 3. The molecule has 49 heavy (non-hydrogen) atoms. The molecule has 13 heteroatoms. The van der Waals surface area contributed by atoms with E-state index in [-0.39, 0.29) is 0 Å². The number of piperidine rings is 2. The predicted molar refractivity (Wildman–Crippen MR) is 208 cm³/mol. The molecule has 248 valence electrons. The monoisotopic (exact) mass is 687 g/mol. The van der Waals surface area contributed by atoms with Crippen LogP contribution in [0, 0.1) is 5.41 Å². The van der Waals surface area contributed by atoms with E-state index in [4.69, 9.17) is 15.4 Å². The largest absolute Gasteiger partial charge is 0.371 e. The van der Waals surface area contributed by atoms with Crippen molar-refractivity contribution in [2.24, 2.45) is 20.0 Å². The fourth-order valence-corrected chi connectivity index (χ4v) is 7.53. The van der Waals surface area contributed by atoms with Gasteiger partial charge in [0.05, 0.1) is 33.5 Å². The van der Waals surface area contributed by atoms with Crippen LogP contribution in [0.3, 0.4) is 0 Å². The summed E-state index contributed by atoms with van der Waals surface area (Å²) in [5.74, 6) is 1.03. The first-order valence-electron chi connectivity index (χ1n) is 16.8. The summed E-state index contributed by atoms with van der Waals surface area (Å²) in [7, 11) is 0. The minimum Gasteiger partial charge on any atom is -0.371 e. The molecule has 0 saturated carbocycles. The summed E-state index contributed by atoms with van der Waals surface area (Å²) in [4.78, 5) is 25.9. The zero-order valence-electron chi connectivity index (χ0n) is 27.0. The molecule has 0 bridgehead atoms. The summed E-state index contributed by atoms with van der Waals surface area (Å²) >= 11 is 6.03. The average Bonchev–Trinajstić information content (AvgIpc) is 3.65. The van der Waals surface area contributed by atoms with Gasteiger partial charge in [0.1, 0.15) is 11.3 Å². The van der Waals surface area contributed by atoms with Crippen LogP contribution in [0.4, 0.5) is 27.8 Å². The third-order valence-electron chi connectivity index (χ3n) is 9.21.